The van der Waals surface area contributed by atoms with Gasteiger partial charge in [0.25, 0.3) is 0 Å². The zero-order valence-corrected chi connectivity index (χ0v) is 39.2. The van der Waals surface area contributed by atoms with Crippen molar-refractivity contribution >= 4 is 53.2 Å². The van der Waals surface area contributed by atoms with Crippen molar-refractivity contribution in [3.05, 3.63) is 169 Å². The molecule has 1 aliphatic heterocycles. The second kappa shape index (κ2) is 14.3. The summed E-state index contributed by atoms with van der Waals surface area (Å²) in [7, 11) is -3.82. The van der Waals surface area contributed by atoms with E-state index in [9.17, 15) is 8.42 Å². The quantitative estimate of drug-likeness (QED) is 0.153. The minimum absolute atomic E-state index is 0.223. The highest BCUT2D eigenvalue weighted by Gasteiger charge is 2.43. The van der Waals surface area contributed by atoms with Crippen molar-refractivity contribution in [2.24, 2.45) is 0 Å². The Morgan fingerprint density at radius 3 is 1.44 bits per heavy atom. The molecule has 0 saturated heterocycles. The second-order valence-corrected chi connectivity index (χ2v) is 21.8. The largest absolute Gasteiger partial charge is 0.455 e. The molecule has 7 aromatic rings. The summed E-state index contributed by atoms with van der Waals surface area (Å²) >= 11 is 0. The topological polar surface area (TPSA) is 47.3 Å². The van der Waals surface area contributed by atoms with Gasteiger partial charge in [0, 0.05) is 38.8 Å². The summed E-state index contributed by atoms with van der Waals surface area (Å²) in [4.78, 5) is 0.844. The van der Waals surface area contributed by atoms with Crippen molar-refractivity contribution in [2.75, 3.05) is 0 Å². The van der Waals surface area contributed by atoms with Crippen molar-refractivity contribution in [3.63, 3.8) is 0 Å². The van der Waals surface area contributed by atoms with Gasteiger partial charge in [0.05, 0.1) is 9.80 Å². The molecular formula is C58H58O3S. The first-order valence-corrected chi connectivity index (χ1v) is 24.3. The number of furan rings is 1. The van der Waals surface area contributed by atoms with Crippen LogP contribution in [0.4, 0.5) is 0 Å². The van der Waals surface area contributed by atoms with E-state index < -0.39 is 9.84 Å². The van der Waals surface area contributed by atoms with Crippen LogP contribution >= 0.6 is 0 Å². The fraction of sp³-hybridized carbons (Fsp3) is 0.310. The average molecular weight is 835 g/mol. The van der Waals surface area contributed by atoms with E-state index in [2.05, 4.69) is 156 Å². The average Bonchev–Trinajstić information content (AvgIpc) is 3.93. The zero-order valence-electron chi connectivity index (χ0n) is 38.3. The van der Waals surface area contributed by atoms with E-state index in [4.69, 9.17) is 4.42 Å². The maximum absolute atomic E-state index is 15.0. The van der Waals surface area contributed by atoms with E-state index in [1.54, 1.807) is 6.07 Å². The molecule has 1 aromatic heterocycles. The normalized spacial score (nSPS) is 15.1. The summed E-state index contributed by atoms with van der Waals surface area (Å²) in [5.74, 6) is 2.69. The first-order chi connectivity index (χ1) is 29.5. The third-order valence-corrected chi connectivity index (χ3v) is 15.8. The van der Waals surface area contributed by atoms with Crippen LogP contribution in [0.3, 0.4) is 0 Å². The van der Waals surface area contributed by atoms with Gasteiger partial charge in [0.2, 0.25) is 9.84 Å². The lowest BCUT2D eigenvalue weighted by Crippen LogP contribution is -2.16. The number of fused-ring (bicyclic) bond motifs is 10. The van der Waals surface area contributed by atoms with Crippen molar-refractivity contribution in [1.82, 2.24) is 0 Å². The van der Waals surface area contributed by atoms with Crippen LogP contribution in [0.15, 0.2) is 106 Å². The molecule has 62 heavy (non-hydrogen) atoms. The van der Waals surface area contributed by atoms with Gasteiger partial charge in [-0.15, -0.1) is 0 Å². The van der Waals surface area contributed by atoms with E-state index in [-0.39, 0.29) is 23.7 Å². The summed E-state index contributed by atoms with van der Waals surface area (Å²) in [5, 5.41) is 5.33. The number of allylic oxidation sites excluding steroid dienone is 1. The molecule has 314 valence electrons. The fourth-order valence-electron chi connectivity index (χ4n) is 10.7. The summed E-state index contributed by atoms with van der Waals surface area (Å²) < 4.78 is 36.9. The maximum Gasteiger partial charge on any atom is 0.208 e. The highest BCUT2D eigenvalue weighted by atomic mass is 32.2. The molecule has 0 spiro atoms. The molecule has 0 N–H and O–H groups in total. The van der Waals surface area contributed by atoms with Crippen molar-refractivity contribution in [2.45, 2.75) is 123 Å². The van der Waals surface area contributed by atoms with Crippen LogP contribution in [-0.4, -0.2) is 8.42 Å². The van der Waals surface area contributed by atoms with Crippen molar-refractivity contribution in [3.8, 4) is 11.3 Å². The molecule has 0 saturated carbocycles. The Labute approximate surface area is 367 Å². The van der Waals surface area contributed by atoms with Gasteiger partial charge in [-0.2, -0.15) is 0 Å². The molecule has 2 heterocycles. The lowest BCUT2D eigenvalue weighted by atomic mass is 9.79. The summed E-state index contributed by atoms with van der Waals surface area (Å²) in [5.41, 5.74) is 18.2. The Hall–Kier alpha value is -5.45. The Morgan fingerprint density at radius 2 is 0.903 bits per heavy atom. The molecular weight excluding hydrogens is 777 g/mol. The van der Waals surface area contributed by atoms with Gasteiger partial charge in [-0.25, -0.2) is 8.42 Å². The Kier molecular flexibility index (Phi) is 9.36. The zero-order chi connectivity index (χ0) is 43.8. The SMILES string of the molecule is CC(C)c1cc(C(C)C)c(C2=c3cc4cc5c(cc4cc3C3=C2c2ccccc2S3(=O)=O)=C(c2c(C(C)C)cc(C(C)C)cc2C(C)C)c2c-5oc3ccccc23)c(C(C)C)c1. The van der Waals surface area contributed by atoms with E-state index in [0.29, 0.717) is 21.6 Å². The monoisotopic (exact) mass is 834 g/mol. The smallest absolute Gasteiger partial charge is 0.208 e. The van der Waals surface area contributed by atoms with Gasteiger partial charge in [-0.1, -0.05) is 144 Å². The minimum atomic E-state index is -3.82. The number of hydrogen-bond acceptors (Lipinski definition) is 3. The van der Waals surface area contributed by atoms with E-state index in [1.807, 2.05) is 18.2 Å². The van der Waals surface area contributed by atoms with E-state index in [1.165, 1.54) is 50.1 Å². The second-order valence-electron chi connectivity index (χ2n) is 20.0. The number of para-hydroxylation sites is 1. The Bertz CT molecular complexity index is 3300. The van der Waals surface area contributed by atoms with Gasteiger partial charge in [0.1, 0.15) is 11.3 Å². The number of benzene rings is 6. The molecule has 0 fully saturated rings. The summed E-state index contributed by atoms with van der Waals surface area (Å²) in [6, 6.07) is 34.9. The fourth-order valence-corrected chi connectivity index (χ4v) is 12.6. The summed E-state index contributed by atoms with van der Waals surface area (Å²) in [6.45, 7) is 27.4. The highest BCUT2D eigenvalue weighted by molar-refractivity contribution is 8.01. The molecule has 4 heteroatoms. The van der Waals surface area contributed by atoms with Crippen LogP contribution in [0.2, 0.25) is 0 Å². The van der Waals surface area contributed by atoms with Gasteiger partial charge in [-0.05, 0) is 143 Å². The van der Waals surface area contributed by atoms with Crippen LogP contribution < -0.4 is 10.4 Å². The van der Waals surface area contributed by atoms with Gasteiger partial charge < -0.3 is 4.42 Å². The molecule has 0 bridgehead atoms. The number of sulfone groups is 1. The first-order valence-electron chi connectivity index (χ1n) is 22.8. The predicted molar refractivity (Wildman–Crippen MR) is 260 cm³/mol. The van der Waals surface area contributed by atoms with Crippen molar-refractivity contribution in [1.29, 1.82) is 0 Å². The highest BCUT2D eigenvalue weighted by Crippen LogP contribution is 2.54. The van der Waals surface area contributed by atoms with Crippen molar-refractivity contribution < 1.29 is 12.8 Å². The number of hydrogen-bond donors (Lipinski definition) is 0. The summed E-state index contributed by atoms with van der Waals surface area (Å²) in [6.07, 6.45) is 0. The lowest BCUT2D eigenvalue weighted by Gasteiger charge is -2.25. The first kappa shape index (κ1) is 40.6. The molecule has 6 aromatic carbocycles. The Morgan fingerprint density at radius 1 is 0.435 bits per heavy atom. The third-order valence-electron chi connectivity index (χ3n) is 13.9. The van der Waals surface area contributed by atoms with Gasteiger partial charge in [-0.3, -0.25) is 0 Å². The molecule has 0 atom stereocenters. The molecule has 2 aliphatic carbocycles. The minimum Gasteiger partial charge on any atom is -0.455 e. The van der Waals surface area contributed by atoms with E-state index >= 15 is 0 Å². The molecule has 0 unspecified atom stereocenters. The van der Waals surface area contributed by atoms with Gasteiger partial charge in [0.15, 0.2) is 0 Å². The van der Waals surface area contributed by atoms with Crippen LogP contribution in [0.5, 0.6) is 0 Å². The van der Waals surface area contributed by atoms with Gasteiger partial charge >= 0.3 is 0 Å². The standard InChI is InChI=1S/C58H58O3S/c1-29(2)35-21-41(31(5)6)51(42(22-35)32(7)8)53-45-25-38-28-48-46(26-37(38)27-47(45)57-55(53)39-17-13-15-19-49(39)61-57)54(56-40-18-14-16-20-50(40)62(59,60)58(48)56)52-43(33(9)10)23-36(30(3)4)24-44(52)34(11)12/h13-34H,1-12H3. The third kappa shape index (κ3) is 5.78. The molecule has 3 nitrogen and oxygen atoms in total. The van der Waals surface area contributed by atoms with Crippen LogP contribution in [0.25, 0.3) is 54.7 Å². The molecule has 0 radical (unpaired) electrons. The van der Waals surface area contributed by atoms with Crippen LogP contribution in [-0.2, 0) is 9.84 Å². The van der Waals surface area contributed by atoms with E-state index in [0.717, 1.165) is 71.3 Å². The Balaban J connectivity index is 1.38. The molecule has 3 aliphatic rings. The maximum atomic E-state index is 15.0. The predicted octanol–water partition coefficient (Wildman–Crippen LogP) is 14.4. The van der Waals surface area contributed by atoms with Crippen LogP contribution in [0.1, 0.15) is 180 Å². The van der Waals surface area contributed by atoms with Crippen LogP contribution in [0, 0.1) is 0 Å². The lowest BCUT2D eigenvalue weighted by molar-refractivity contribution is 0.606. The molecule has 0 amide bonds. The number of rotatable bonds is 8. The molecule has 10 rings (SSSR count).